The first-order valence-corrected chi connectivity index (χ1v) is 8.20. The molecule has 0 unspecified atom stereocenters. The van der Waals surface area contributed by atoms with E-state index >= 15 is 0 Å². The van der Waals surface area contributed by atoms with Crippen LogP contribution in [0.3, 0.4) is 0 Å². The van der Waals surface area contributed by atoms with Crippen LogP contribution in [0.1, 0.15) is 16.8 Å². The summed E-state index contributed by atoms with van der Waals surface area (Å²) in [5.41, 5.74) is 0.364. The molecule has 2 aromatic rings. The highest BCUT2D eigenvalue weighted by Crippen LogP contribution is 2.28. The highest BCUT2D eigenvalue weighted by Gasteiger charge is 2.12. The van der Waals surface area contributed by atoms with Crippen molar-refractivity contribution in [1.29, 1.82) is 0 Å². The Kier molecular flexibility index (Phi) is 6.45. The van der Waals surface area contributed by atoms with E-state index < -0.39 is 5.97 Å². The van der Waals surface area contributed by atoms with E-state index in [-0.39, 0.29) is 18.9 Å². The van der Waals surface area contributed by atoms with Crippen LogP contribution < -0.4 is 10.1 Å². The smallest absolute Gasteiger partial charge is 0.313 e. The summed E-state index contributed by atoms with van der Waals surface area (Å²) < 4.78 is 5.77. The Morgan fingerprint density at radius 1 is 1.13 bits per heavy atom. The Bertz CT molecular complexity index is 737. The quantitative estimate of drug-likeness (QED) is 0.577. The van der Waals surface area contributed by atoms with Crippen LogP contribution in [-0.2, 0) is 4.79 Å². The number of amides is 1. The van der Waals surface area contributed by atoms with E-state index in [1.807, 2.05) is 0 Å². The third-order valence-electron chi connectivity index (χ3n) is 2.85. The Morgan fingerprint density at radius 3 is 2.57 bits per heavy atom. The average Bonchev–Trinajstić information content (AvgIpc) is 2.50. The van der Waals surface area contributed by atoms with Gasteiger partial charge in [-0.2, -0.15) is 0 Å². The summed E-state index contributed by atoms with van der Waals surface area (Å²) >= 11 is 15.0. The summed E-state index contributed by atoms with van der Waals surface area (Å²) in [4.78, 5) is 23.7. The second-order valence-electron chi connectivity index (χ2n) is 4.53. The molecule has 0 spiro atoms. The van der Waals surface area contributed by atoms with Crippen molar-refractivity contribution in [3.8, 4) is 5.75 Å². The number of hydrogen-bond donors (Lipinski definition) is 1. The molecule has 1 N–H and O–H groups in total. The lowest BCUT2D eigenvalue weighted by molar-refractivity contribution is -0.134. The van der Waals surface area contributed by atoms with Gasteiger partial charge in [-0.05, 0) is 46.3 Å². The fraction of sp³-hybridized carbons (Fsp3) is 0.125. The molecule has 0 bridgehead atoms. The summed E-state index contributed by atoms with van der Waals surface area (Å²) in [5, 5.41) is 3.51. The summed E-state index contributed by atoms with van der Waals surface area (Å²) in [6.45, 7) is 0.147. The van der Waals surface area contributed by atoms with Gasteiger partial charge in [0.1, 0.15) is 5.75 Å². The van der Waals surface area contributed by atoms with E-state index in [4.69, 9.17) is 27.9 Å². The van der Waals surface area contributed by atoms with Gasteiger partial charge in [0.25, 0.3) is 5.91 Å². The maximum Gasteiger partial charge on any atom is 0.313 e. The molecule has 0 saturated carbocycles. The zero-order valence-electron chi connectivity index (χ0n) is 11.8. The lowest BCUT2D eigenvalue weighted by atomic mass is 10.2. The maximum absolute atomic E-state index is 11.9. The van der Waals surface area contributed by atoms with Crippen LogP contribution in [0.4, 0.5) is 0 Å². The first-order chi connectivity index (χ1) is 11.0. The van der Waals surface area contributed by atoms with Gasteiger partial charge in [0.05, 0.1) is 21.5 Å². The lowest BCUT2D eigenvalue weighted by Gasteiger charge is -2.08. The molecule has 0 aliphatic heterocycles. The summed E-state index contributed by atoms with van der Waals surface area (Å²) in [6.07, 6.45) is 0.0330. The fourth-order valence-electron chi connectivity index (χ4n) is 1.75. The molecule has 2 aromatic carbocycles. The molecule has 0 atom stereocenters. The second-order valence-corrected chi connectivity index (χ2v) is 6.23. The van der Waals surface area contributed by atoms with E-state index in [2.05, 4.69) is 21.2 Å². The summed E-state index contributed by atoms with van der Waals surface area (Å²) in [6, 6.07) is 11.5. The average molecular weight is 417 g/mol. The van der Waals surface area contributed by atoms with Crippen LogP contribution in [0.2, 0.25) is 10.0 Å². The molecule has 0 aromatic heterocycles. The third-order valence-corrected chi connectivity index (χ3v) is 4.04. The van der Waals surface area contributed by atoms with Crippen molar-refractivity contribution in [2.24, 2.45) is 0 Å². The standard InChI is InChI=1S/C16H12BrCl2NO3/c17-12-9-10(18)5-6-14(12)23-15(21)7-8-20-16(22)11-3-1-2-4-13(11)19/h1-6,9H,7-8H2,(H,20,22). The van der Waals surface area contributed by atoms with Crippen molar-refractivity contribution in [2.45, 2.75) is 6.42 Å². The number of benzene rings is 2. The lowest BCUT2D eigenvalue weighted by Crippen LogP contribution is -2.27. The zero-order chi connectivity index (χ0) is 16.8. The molecule has 2 rings (SSSR count). The third kappa shape index (κ3) is 5.23. The molecule has 120 valence electrons. The van der Waals surface area contributed by atoms with Crippen molar-refractivity contribution in [2.75, 3.05) is 6.54 Å². The molecule has 0 aliphatic rings. The van der Waals surface area contributed by atoms with Crippen LogP contribution in [0, 0.1) is 0 Å². The van der Waals surface area contributed by atoms with E-state index in [1.165, 1.54) is 0 Å². The Balaban J connectivity index is 1.83. The van der Waals surface area contributed by atoms with Gasteiger partial charge in [-0.3, -0.25) is 9.59 Å². The van der Waals surface area contributed by atoms with Crippen molar-refractivity contribution >= 4 is 51.0 Å². The van der Waals surface area contributed by atoms with Crippen molar-refractivity contribution < 1.29 is 14.3 Å². The number of nitrogens with one attached hydrogen (secondary N) is 1. The number of halogens is 3. The Labute approximate surface area is 151 Å². The van der Waals surface area contributed by atoms with E-state index in [0.717, 1.165) is 0 Å². The van der Waals surface area contributed by atoms with Gasteiger partial charge in [-0.15, -0.1) is 0 Å². The molecule has 0 heterocycles. The van der Waals surface area contributed by atoms with E-state index in [9.17, 15) is 9.59 Å². The first-order valence-electron chi connectivity index (χ1n) is 6.66. The van der Waals surface area contributed by atoms with Crippen LogP contribution in [0.5, 0.6) is 5.75 Å². The molecule has 1 amide bonds. The monoisotopic (exact) mass is 415 g/mol. The predicted octanol–water partition coefficient (Wildman–Crippen LogP) is 4.48. The molecule has 23 heavy (non-hydrogen) atoms. The predicted molar refractivity (Wildman–Crippen MR) is 93.2 cm³/mol. The van der Waals surface area contributed by atoms with E-state index in [1.54, 1.807) is 42.5 Å². The molecule has 0 radical (unpaired) electrons. The molecular formula is C16H12BrCl2NO3. The van der Waals surface area contributed by atoms with Crippen LogP contribution in [0.25, 0.3) is 0 Å². The number of hydrogen-bond acceptors (Lipinski definition) is 3. The maximum atomic E-state index is 11.9. The van der Waals surface area contributed by atoms with Gasteiger partial charge < -0.3 is 10.1 Å². The van der Waals surface area contributed by atoms with Gasteiger partial charge >= 0.3 is 5.97 Å². The minimum Gasteiger partial charge on any atom is -0.425 e. The normalized spacial score (nSPS) is 10.2. The zero-order valence-corrected chi connectivity index (χ0v) is 14.9. The first kappa shape index (κ1) is 17.8. The van der Waals surface area contributed by atoms with E-state index in [0.29, 0.717) is 25.8 Å². The van der Waals surface area contributed by atoms with Gasteiger partial charge in [0, 0.05) is 11.6 Å². The second kappa shape index (κ2) is 8.34. The van der Waals surface area contributed by atoms with Gasteiger partial charge in [-0.25, -0.2) is 0 Å². The minimum absolute atomic E-state index is 0.0330. The Hall–Kier alpha value is -1.56. The SMILES string of the molecule is O=C(CCNC(=O)c1ccccc1Cl)Oc1ccc(Cl)cc1Br. The van der Waals surface area contributed by atoms with Gasteiger partial charge in [0.15, 0.2) is 0 Å². The molecule has 0 aliphatic carbocycles. The molecular weight excluding hydrogens is 405 g/mol. The highest BCUT2D eigenvalue weighted by molar-refractivity contribution is 9.10. The molecule has 4 nitrogen and oxygen atoms in total. The van der Waals surface area contributed by atoms with Gasteiger partial charge in [0.2, 0.25) is 0 Å². The number of rotatable bonds is 5. The van der Waals surface area contributed by atoms with Gasteiger partial charge in [-0.1, -0.05) is 35.3 Å². The topological polar surface area (TPSA) is 55.4 Å². The minimum atomic E-state index is -0.465. The fourth-order valence-corrected chi connectivity index (χ4v) is 2.74. The van der Waals surface area contributed by atoms with Crippen molar-refractivity contribution in [1.82, 2.24) is 5.32 Å². The largest absolute Gasteiger partial charge is 0.425 e. The van der Waals surface area contributed by atoms with Crippen molar-refractivity contribution in [3.05, 3.63) is 62.5 Å². The number of carbonyl (C=O) groups excluding carboxylic acids is 2. The highest BCUT2D eigenvalue weighted by atomic mass is 79.9. The molecule has 0 saturated heterocycles. The number of carbonyl (C=O) groups is 2. The number of esters is 1. The Morgan fingerprint density at radius 2 is 1.87 bits per heavy atom. The summed E-state index contributed by atoms with van der Waals surface area (Å²) in [5.74, 6) is -0.430. The number of ether oxygens (including phenoxy) is 1. The van der Waals surface area contributed by atoms with Crippen LogP contribution in [0.15, 0.2) is 46.9 Å². The van der Waals surface area contributed by atoms with Crippen LogP contribution >= 0.6 is 39.1 Å². The summed E-state index contributed by atoms with van der Waals surface area (Å²) in [7, 11) is 0. The van der Waals surface area contributed by atoms with Crippen LogP contribution in [-0.4, -0.2) is 18.4 Å². The molecule has 7 heteroatoms. The van der Waals surface area contributed by atoms with Crippen molar-refractivity contribution in [3.63, 3.8) is 0 Å². The molecule has 0 fully saturated rings.